The molecule has 1 aromatic carbocycles. The molecular formula is C18H24N6. The van der Waals surface area contributed by atoms with E-state index in [1.165, 1.54) is 11.3 Å². The Kier molecular flexibility index (Phi) is 4.29. The zero-order valence-corrected chi connectivity index (χ0v) is 14.7. The zero-order valence-electron chi connectivity index (χ0n) is 14.7. The maximum Gasteiger partial charge on any atom is 0.225 e. The van der Waals surface area contributed by atoms with Crippen LogP contribution < -0.4 is 20.0 Å². The predicted octanol–water partition coefficient (Wildman–Crippen LogP) is 2.55. The van der Waals surface area contributed by atoms with Gasteiger partial charge in [-0.2, -0.15) is 4.98 Å². The van der Waals surface area contributed by atoms with Crippen molar-refractivity contribution >= 4 is 23.1 Å². The normalized spacial score (nSPS) is 13.8. The topological polar surface area (TPSA) is 47.5 Å². The van der Waals surface area contributed by atoms with Crippen LogP contribution in [0.15, 0.2) is 42.7 Å². The molecule has 0 unspecified atom stereocenters. The van der Waals surface area contributed by atoms with Gasteiger partial charge in [0.1, 0.15) is 5.69 Å². The second-order valence-corrected chi connectivity index (χ2v) is 6.30. The quantitative estimate of drug-likeness (QED) is 0.933. The van der Waals surface area contributed by atoms with Gasteiger partial charge in [-0.05, 0) is 17.7 Å². The van der Waals surface area contributed by atoms with E-state index in [9.17, 15) is 0 Å². The Morgan fingerprint density at radius 2 is 1.92 bits per heavy atom. The third-order valence-corrected chi connectivity index (χ3v) is 4.27. The van der Waals surface area contributed by atoms with Gasteiger partial charge >= 0.3 is 0 Å². The molecule has 6 nitrogen and oxygen atoms in total. The third kappa shape index (κ3) is 3.13. The van der Waals surface area contributed by atoms with Gasteiger partial charge in [0.15, 0.2) is 5.82 Å². The minimum absolute atomic E-state index is 0.637. The molecule has 0 bridgehead atoms. The molecule has 0 saturated carbocycles. The summed E-state index contributed by atoms with van der Waals surface area (Å²) < 4.78 is 0. The van der Waals surface area contributed by atoms with Crippen molar-refractivity contribution < 1.29 is 0 Å². The van der Waals surface area contributed by atoms with E-state index in [0.717, 1.165) is 23.7 Å². The molecule has 0 radical (unpaired) electrons. The average Bonchev–Trinajstić information content (AvgIpc) is 2.58. The van der Waals surface area contributed by atoms with Gasteiger partial charge in [-0.15, -0.1) is 0 Å². The van der Waals surface area contributed by atoms with E-state index in [4.69, 9.17) is 0 Å². The summed E-state index contributed by atoms with van der Waals surface area (Å²) in [5, 5.41) is 3.30. The van der Waals surface area contributed by atoms with Crippen LogP contribution in [0.4, 0.5) is 23.1 Å². The van der Waals surface area contributed by atoms with Crippen molar-refractivity contribution in [2.45, 2.75) is 6.54 Å². The smallest absolute Gasteiger partial charge is 0.225 e. The summed E-state index contributed by atoms with van der Waals surface area (Å²) in [4.78, 5) is 15.3. The lowest BCUT2D eigenvalue weighted by molar-refractivity contribution is 0.857. The molecule has 3 rings (SSSR count). The molecule has 1 N–H and O–H groups in total. The first kappa shape index (κ1) is 16.1. The Bertz CT molecular complexity index is 738. The molecule has 126 valence electrons. The fourth-order valence-corrected chi connectivity index (χ4v) is 2.69. The van der Waals surface area contributed by atoms with Crippen LogP contribution in [-0.2, 0) is 6.54 Å². The van der Waals surface area contributed by atoms with Gasteiger partial charge < -0.3 is 20.0 Å². The molecule has 0 spiro atoms. The Labute approximate surface area is 143 Å². The molecule has 2 heterocycles. The zero-order chi connectivity index (χ0) is 17.3. The highest BCUT2D eigenvalue weighted by molar-refractivity contribution is 5.72. The highest BCUT2D eigenvalue weighted by atomic mass is 15.3. The molecule has 0 aliphatic carbocycles. The summed E-state index contributed by atoms with van der Waals surface area (Å²) in [6.07, 6.45) is 1.85. The van der Waals surface area contributed by atoms with E-state index in [1.54, 1.807) is 0 Å². The molecule has 0 saturated heterocycles. The van der Waals surface area contributed by atoms with Crippen molar-refractivity contribution in [2.24, 2.45) is 0 Å². The van der Waals surface area contributed by atoms with Crippen molar-refractivity contribution in [2.75, 3.05) is 54.8 Å². The van der Waals surface area contributed by atoms with E-state index in [0.29, 0.717) is 12.5 Å². The maximum absolute atomic E-state index is 4.65. The predicted molar refractivity (Wildman–Crippen MR) is 101 cm³/mol. The molecule has 0 atom stereocenters. The second-order valence-electron chi connectivity index (χ2n) is 6.30. The van der Waals surface area contributed by atoms with Gasteiger partial charge in [-0.1, -0.05) is 18.7 Å². The van der Waals surface area contributed by atoms with Crippen LogP contribution in [-0.4, -0.2) is 44.7 Å². The van der Waals surface area contributed by atoms with Gasteiger partial charge in [0.2, 0.25) is 5.95 Å². The van der Waals surface area contributed by atoms with Crippen molar-refractivity contribution in [3.63, 3.8) is 0 Å². The van der Waals surface area contributed by atoms with E-state index >= 15 is 0 Å². The molecular weight excluding hydrogens is 300 g/mol. The van der Waals surface area contributed by atoms with Crippen molar-refractivity contribution in [3.05, 3.63) is 48.3 Å². The minimum atomic E-state index is 0.637. The average molecular weight is 324 g/mol. The van der Waals surface area contributed by atoms with Gasteiger partial charge in [0, 0.05) is 46.1 Å². The van der Waals surface area contributed by atoms with Crippen LogP contribution >= 0.6 is 0 Å². The number of fused-ring (bicyclic) bond motifs is 1. The SMILES string of the molecule is C=C1CN(C)c2nc(NCc3ccc(N(C)C)cc3)ncc2N1C. The maximum atomic E-state index is 4.65. The third-order valence-electron chi connectivity index (χ3n) is 4.27. The largest absolute Gasteiger partial charge is 0.378 e. The first-order chi connectivity index (χ1) is 11.5. The Hall–Kier alpha value is -2.76. The first-order valence-electron chi connectivity index (χ1n) is 7.95. The summed E-state index contributed by atoms with van der Waals surface area (Å²) in [6.45, 7) is 5.53. The number of hydrogen-bond donors (Lipinski definition) is 1. The summed E-state index contributed by atoms with van der Waals surface area (Å²) in [6, 6.07) is 8.45. The summed E-state index contributed by atoms with van der Waals surface area (Å²) in [7, 11) is 8.09. The van der Waals surface area contributed by atoms with Crippen molar-refractivity contribution in [3.8, 4) is 0 Å². The van der Waals surface area contributed by atoms with Crippen LogP contribution in [0, 0.1) is 0 Å². The molecule has 1 aliphatic rings. The van der Waals surface area contributed by atoms with E-state index in [1.807, 2.05) is 39.3 Å². The standard InChI is InChI=1S/C18H24N6/c1-13-12-23(4)17-16(24(13)5)11-20-18(21-17)19-10-14-6-8-15(9-7-14)22(2)3/h6-9,11H,1,10,12H2,2-5H3,(H,19,20,21). The first-order valence-corrected chi connectivity index (χ1v) is 7.95. The molecule has 6 heteroatoms. The monoisotopic (exact) mass is 324 g/mol. The molecule has 0 fully saturated rings. The second kappa shape index (κ2) is 6.39. The van der Waals surface area contributed by atoms with Crippen molar-refractivity contribution in [1.82, 2.24) is 9.97 Å². The number of aromatic nitrogens is 2. The van der Waals surface area contributed by atoms with E-state index in [-0.39, 0.29) is 0 Å². The summed E-state index contributed by atoms with van der Waals surface area (Å²) in [5.41, 5.74) is 4.40. The van der Waals surface area contributed by atoms with Gasteiger partial charge in [-0.3, -0.25) is 0 Å². The summed E-state index contributed by atoms with van der Waals surface area (Å²) >= 11 is 0. The molecule has 24 heavy (non-hydrogen) atoms. The fourth-order valence-electron chi connectivity index (χ4n) is 2.69. The molecule has 2 aromatic rings. The van der Waals surface area contributed by atoms with E-state index in [2.05, 4.69) is 55.9 Å². The number of rotatable bonds is 4. The highest BCUT2D eigenvalue weighted by Crippen LogP contribution is 2.32. The minimum Gasteiger partial charge on any atom is -0.378 e. The lowest BCUT2D eigenvalue weighted by Crippen LogP contribution is -2.35. The van der Waals surface area contributed by atoms with Crippen LogP contribution in [0.3, 0.4) is 0 Å². The lowest BCUT2D eigenvalue weighted by Gasteiger charge is -2.34. The molecule has 1 aromatic heterocycles. The van der Waals surface area contributed by atoms with Crippen LogP contribution in [0.2, 0.25) is 0 Å². The lowest BCUT2D eigenvalue weighted by atomic mass is 10.2. The number of likely N-dealkylation sites (N-methyl/N-ethyl adjacent to an activating group) is 2. The van der Waals surface area contributed by atoms with Gasteiger partial charge in [0.25, 0.3) is 0 Å². The number of nitrogens with one attached hydrogen (secondary N) is 1. The van der Waals surface area contributed by atoms with Crippen LogP contribution in [0.5, 0.6) is 0 Å². The van der Waals surface area contributed by atoms with Crippen molar-refractivity contribution in [1.29, 1.82) is 0 Å². The molecule has 1 aliphatic heterocycles. The Morgan fingerprint density at radius 3 is 2.58 bits per heavy atom. The summed E-state index contributed by atoms with van der Waals surface area (Å²) in [5.74, 6) is 1.56. The number of nitrogens with zero attached hydrogens (tertiary/aromatic N) is 5. The van der Waals surface area contributed by atoms with Gasteiger partial charge in [0.05, 0.1) is 12.7 Å². The Morgan fingerprint density at radius 1 is 1.21 bits per heavy atom. The number of benzene rings is 1. The van der Waals surface area contributed by atoms with Crippen LogP contribution in [0.25, 0.3) is 0 Å². The Balaban J connectivity index is 1.72. The number of hydrogen-bond acceptors (Lipinski definition) is 6. The van der Waals surface area contributed by atoms with E-state index < -0.39 is 0 Å². The van der Waals surface area contributed by atoms with Crippen LogP contribution in [0.1, 0.15) is 5.56 Å². The fraction of sp³-hybridized carbons (Fsp3) is 0.333. The highest BCUT2D eigenvalue weighted by Gasteiger charge is 2.22. The van der Waals surface area contributed by atoms with Gasteiger partial charge in [-0.25, -0.2) is 4.98 Å². The molecule has 0 amide bonds. The number of anilines is 4.